The smallest absolute Gasteiger partial charge is 0.322 e. The fourth-order valence-corrected chi connectivity index (χ4v) is 3.61. The molecule has 2 heterocycles. The molecule has 0 aliphatic carbocycles. The molecule has 1 aromatic rings. The molecule has 3 rings (SSSR count). The number of hydrogen-bond acceptors (Lipinski definition) is 2. The Labute approximate surface area is 124 Å². The molecule has 2 fully saturated rings. The van der Waals surface area contributed by atoms with E-state index in [-0.39, 0.29) is 17.9 Å². The van der Waals surface area contributed by atoms with E-state index in [9.17, 15) is 9.18 Å². The molecular formula is C16H22FN3O. The van der Waals surface area contributed by atoms with Crippen LogP contribution in [0.25, 0.3) is 0 Å². The van der Waals surface area contributed by atoms with Crippen molar-refractivity contribution in [3.8, 4) is 0 Å². The van der Waals surface area contributed by atoms with Crippen LogP contribution in [0.4, 0.5) is 14.9 Å². The van der Waals surface area contributed by atoms with Crippen molar-refractivity contribution >= 4 is 11.7 Å². The zero-order valence-electron chi connectivity index (χ0n) is 12.3. The lowest BCUT2D eigenvalue weighted by Gasteiger charge is -2.37. The maximum atomic E-state index is 13.2. The van der Waals surface area contributed by atoms with Gasteiger partial charge in [-0.05, 0) is 50.8 Å². The highest BCUT2D eigenvalue weighted by atomic mass is 19.1. The Bertz CT molecular complexity index is 510. The van der Waals surface area contributed by atoms with Crippen molar-refractivity contribution in [3.63, 3.8) is 0 Å². The lowest BCUT2D eigenvalue weighted by molar-refractivity contribution is 0.162. The first-order chi connectivity index (χ1) is 10.2. The van der Waals surface area contributed by atoms with Crippen LogP contribution < -0.4 is 10.6 Å². The Morgan fingerprint density at radius 1 is 1.38 bits per heavy atom. The van der Waals surface area contributed by atoms with E-state index in [1.807, 2.05) is 11.8 Å². The van der Waals surface area contributed by atoms with Gasteiger partial charge in [0.25, 0.3) is 0 Å². The number of carbonyl (C=O) groups is 1. The summed E-state index contributed by atoms with van der Waals surface area (Å²) in [6.07, 6.45) is 4.45. The summed E-state index contributed by atoms with van der Waals surface area (Å²) in [5.41, 5.74) is 0.510. The first kappa shape index (κ1) is 14.3. The SMILES string of the molecule is CCN(C(=O)Nc1cccc(F)c1)C1CC2CCC(C1)N2. The average Bonchev–Trinajstić information content (AvgIpc) is 2.78. The molecule has 2 saturated heterocycles. The number of piperidine rings is 1. The van der Waals surface area contributed by atoms with Gasteiger partial charge in [-0.3, -0.25) is 0 Å². The van der Waals surface area contributed by atoms with E-state index < -0.39 is 0 Å². The van der Waals surface area contributed by atoms with E-state index in [1.165, 1.54) is 25.0 Å². The summed E-state index contributed by atoms with van der Waals surface area (Å²) in [6, 6.07) is 7.27. The fraction of sp³-hybridized carbons (Fsp3) is 0.562. The van der Waals surface area contributed by atoms with Crippen LogP contribution in [0.5, 0.6) is 0 Å². The van der Waals surface area contributed by atoms with E-state index >= 15 is 0 Å². The van der Waals surface area contributed by atoms with Crippen molar-refractivity contribution in [2.45, 2.75) is 50.7 Å². The number of hydrogen-bond donors (Lipinski definition) is 2. The monoisotopic (exact) mass is 291 g/mol. The molecule has 21 heavy (non-hydrogen) atoms. The normalized spacial score (nSPS) is 27.4. The van der Waals surface area contributed by atoms with Gasteiger partial charge in [0.1, 0.15) is 5.82 Å². The Morgan fingerprint density at radius 2 is 2.10 bits per heavy atom. The molecule has 2 unspecified atom stereocenters. The highest BCUT2D eigenvalue weighted by Crippen LogP contribution is 2.30. The number of halogens is 1. The van der Waals surface area contributed by atoms with Crippen LogP contribution in [0, 0.1) is 5.82 Å². The number of urea groups is 1. The van der Waals surface area contributed by atoms with Crippen molar-refractivity contribution in [1.29, 1.82) is 0 Å². The lowest BCUT2D eigenvalue weighted by Crippen LogP contribution is -2.51. The first-order valence-corrected chi connectivity index (χ1v) is 7.75. The van der Waals surface area contributed by atoms with E-state index in [0.29, 0.717) is 24.3 Å². The summed E-state index contributed by atoms with van der Waals surface area (Å²) in [5, 5.41) is 6.40. The van der Waals surface area contributed by atoms with Gasteiger partial charge in [-0.2, -0.15) is 0 Å². The van der Waals surface area contributed by atoms with Crippen LogP contribution in [-0.2, 0) is 0 Å². The standard InChI is InChI=1S/C16H22FN3O/c1-2-20(15-9-13-6-7-14(10-15)18-13)16(21)19-12-5-3-4-11(17)8-12/h3-5,8,13-15,18H,2,6-7,9-10H2,1H3,(H,19,21). The number of rotatable bonds is 3. The number of anilines is 1. The maximum Gasteiger partial charge on any atom is 0.322 e. The Morgan fingerprint density at radius 3 is 2.71 bits per heavy atom. The predicted octanol–water partition coefficient (Wildman–Crippen LogP) is 2.96. The van der Waals surface area contributed by atoms with Crippen LogP contribution in [-0.4, -0.2) is 35.6 Å². The van der Waals surface area contributed by atoms with Crippen molar-refractivity contribution in [2.75, 3.05) is 11.9 Å². The first-order valence-electron chi connectivity index (χ1n) is 7.75. The fourth-order valence-electron chi connectivity index (χ4n) is 3.61. The molecular weight excluding hydrogens is 269 g/mol. The van der Waals surface area contributed by atoms with Gasteiger partial charge < -0.3 is 15.5 Å². The summed E-state index contributed by atoms with van der Waals surface area (Å²) in [6.45, 7) is 2.67. The van der Waals surface area contributed by atoms with Gasteiger partial charge in [0.2, 0.25) is 0 Å². The van der Waals surface area contributed by atoms with Crippen LogP contribution in [0.15, 0.2) is 24.3 Å². The molecule has 0 spiro atoms. The topological polar surface area (TPSA) is 44.4 Å². The van der Waals surface area contributed by atoms with Gasteiger partial charge in [-0.15, -0.1) is 0 Å². The molecule has 2 bridgehead atoms. The number of carbonyl (C=O) groups excluding carboxylic acids is 1. The molecule has 2 aliphatic heterocycles. The lowest BCUT2D eigenvalue weighted by atomic mass is 9.98. The quantitative estimate of drug-likeness (QED) is 0.899. The van der Waals surface area contributed by atoms with Crippen LogP contribution in [0.3, 0.4) is 0 Å². The predicted molar refractivity (Wildman–Crippen MR) is 80.8 cm³/mol. The maximum absolute atomic E-state index is 13.2. The Balaban J connectivity index is 1.66. The van der Waals surface area contributed by atoms with Crippen molar-refractivity contribution < 1.29 is 9.18 Å². The summed E-state index contributed by atoms with van der Waals surface area (Å²) in [5.74, 6) is -0.337. The highest BCUT2D eigenvalue weighted by molar-refractivity contribution is 5.89. The Kier molecular flexibility index (Phi) is 4.10. The van der Waals surface area contributed by atoms with Gasteiger partial charge in [-0.25, -0.2) is 9.18 Å². The molecule has 114 valence electrons. The van der Waals surface area contributed by atoms with Crippen molar-refractivity contribution in [1.82, 2.24) is 10.2 Å². The third kappa shape index (κ3) is 3.18. The minimum atomic E-state index is -0.337. The van der Waals surface area contributed by atoms with E-state index in [0.717, 1.165) is 12.8 Å². The summed E-state index contributed by atoms with van der Waals surface area (Å²) in [4.78, 5) is 14.3. The largest absolute Gasteiger partial charge is 0.322 e. The zero-order chi connectivity index (χ0) is 14.8. The van der Waals surface area contributed by atoms with Crippen molar-refractivity contribution in [2.24, 2.45) is 0 Å². The summed E-state index contributed by atoms with van der Waals surface area (Å²) >= 11 is 0. The summed E-state index contributed by atoms with van der Waals surface area (Å²) < 4.78 is 13.2. The Hall–Kier alpha value is -1.62. The molecule has 1 aromatic carbocycles. The molecule has 2 aliphatic rings. The highest BCUT2D eigenvalue weighted by Gasteiger charge is 2.37. The second-order valence-corrected chi connectivity index (χ2v) is 5.99. The molecule has 0 radical (unpaired) electrons. The second kappa shape index (κ2) is 6.02. The average molecular weight is 291 g/mol. The van der Waals surface area contributed by atoms with Crippen LogP contribution in [0.1, 0.15) is 32.6 Å². The summed E-state index contributed by atoms with van der Waals surface area (Å²) in [7, 11) is 0. The van der Waals surface area contributed by atoms with Crippen LogP contribution in [0.2, 0.25) is 0 Å². The number of nitrogens with zero attached hydrogens (tertiary/aromatic N) is 1. The number of benzene rings is 1. The van der Waals surface area contributed by atoms with E-state index in [1.54, 1.807) is 12.1 Å². The molecule has 5 heteroatoms. The molecule has 4 nitrogen and oxygen atoms in total. The van der Waals surface area contributed by atoms with E-state index in [4.69, 9.17) is 0 Å². The minimum absolute atomic E-state index is 0.130. The molecule has 2 atom stereocenters. The van der Waals surface area contributed by atoms with Crippen molar-refractivity contribution in [3.05, 3.63) is 30.1 Å². The molecule has 0 saturated carbocycles. The van der Waals surface area contributed by atoms with Gasteiger partial charge >= 0.3 is 6.03 Å². The number of nitrogens with one attached hydrogen (secondary N) is 2. The number of amides is 2. The molecule has 2 amide bonds. The minimum Gasteiger partial charge on any atom is -0.322 e. The van der Waals surface area contributed by atoms with Gasteiger partial charge in [0.15, 0.2) is 0 Å². The van der Waals surface area contributed by atoms with Crippen LogP contribution >= 0.6 is 0 Å². The van der Waals surface area contributed by atoms with Gasteiger partial charge in [-0.1, -0.05) is 6.07 Å². The van der Waals surface area contributed by atoms with Gasteiger partial charge in [0, 0.05) is 30.4 Å². The third-order valence-corrected chi connectivity index (χ3v) is 4.57. The third-order valence-electron chi connectivity index (χ3n) is 4.57. The molecule has 0 aromatic heterocycles. The van der Waals surface area contributed by atoms with Gasteiger partial charge in [0.05, 0.1) is 0 Å². The zero-order valence-corrected chi connectivity index (χ0v) is 12.3. The molecule has 2 N–H and O–H groups in total. The van der Waals surface area contributed by atoms with E-state index in [2.05, 4.69) is 10.6 Å². The number of fused-ring (bicyclic) bond motifs is 2. The second-order valence-electron chi connectivity index (χ2n) is 5.99.